The molecule has 2 amide bonds. The maximum Gasteiger partial charge on any atom is 0.269 e. The number of fused-ring (bicyclic) bond motifs is 1. The Hall–Kier alpha value is -4.87. The molecular formula is C26H27N9O3. The van der Waals surface area contributed by atoms with Gasteiger partial charge in [-0.25, -0.2) is 4.98 Å². The summed E-state index contributed by atoms with van der Waals surface area (Å²) in [5, 5.41) is 18.5. The lowest BCUT2D eigenvalue weighted by molar-refractivity contribution is 0.0816. The van der Waals surface area contributed by atoms with Gasteiger partial charge in [-0.05, 0) is 42.5 Å². The summed E-state index contributed by atoms with van der Waals surface area (Å²) in [4.78, 5) is 37.6. The van der Waals surface area contributed by atoms with E-state index in [0.29, 0.717) is 76.4 Å². The van der Waals surface area contributed by atoms with Crippen molar-refractivity contribution in [2.45, 2.75) is 19.9 Å². The summed E-state index contributed by atoms with van der Waals surface area (Å²) in [7, 11) is 5.00. The van der Waals surface area contributed by atoms with Crippen LogP contribution in [0.15, 0.2) is 42.5 Å². The Kier molecular flexibility index (Phi) is 6.69. The van der Waals surface area contributed by atoms with Gasteiger partial charge in [0.05, 0.1) is 48.9 Å². The average Bonchev–Trinajstić information content (AvgIpc) is 3.46. The molecule has 38 heavy (non-hydrogen) atoms. The van der Waals surface area contributed by atoms with Gasteiger partial charge >= 0.3 is 0 Å². The van der Waals surface area contributed by atoms with Crippen LogP contribution in [0.4, 0.5) is 11.4 Å². The molecule has 12 nitrogen and oxygen atoms in total. The second kappa shape index (κ2) is 10.2. The Morgan fingerprint density at radius 1 is 1.08 bits per heavy atom. The van der Waals surface area contributed by atoms with Crippen molar-refractivity contribution in [1.82, 2.24) is 40.4 Å². The van der Waals surface area contributed by atoms with Crippen LogP contribution in [0.1, 0.15) is 44.9 Å². The largest absolute Gasteiger partial charge is 0.494 e. The lowest BCUT2D eigenvalue weighted by Crippen LogP contribution is -2.24. The number of tetrazole rings is 1. The fourth-order valence-corrected chi connectivity index (χ4v) is 4.39. The molecule has 0 spiro atoms. The van der Waals surface area contributed by atoms with Gasteiger partial charge in [0.15, 0.2) is 5.75 Å². The number of nitrogens with zero attached hydrogens (tertiary/aromatic N) is 7. The summed E-state index contributed by atoms with van der Waals surface area (Å²) in [5.41, 5.74) is 4.81. The van der Waals surface area contributed by atoms with E-state index in [1.165, 1.54) is 4.80 Å². The number of methoxy groups -OCH3 is 1. The van der Waals surface area contributed by atoms with Crippen LogP contribution in [0.5, 0.6) is 5.75 Å². The van der Waals surface area contributed by atoms with Crippen LogP contribution in [-0.4, -0.2) is 67.6 Å². The molecule has 5 rings (SSSR count). The van der Waals surface area contributed by atoms with E-state index in [9.17, 15) is 9.59 Å². The smallest absolute Gasteiger partial charge is 0.269 e. The average molecular weight is 514 g/mol. The lowest BCUT2D eigenvalue weighted by Gasteiger charge is -2.16. The van der Waals surface area contributed by atoms with Crippen molar-refractivity contribution in [3.63, 3.8) is 0 Å². The molecule has 4 heterocycles. The number of benzene rings is 1. The number of aromatic nitrogens is 6. The molecule has 1 aromatic carbocycles. The maximum atomic E-state index is 13.0. The Morgan fingerprint density at radius 3 is 2.63 bits per heavy atom. The number of hydrogen-bond acceptors (Lipinski definition) is 9. The number of carbonyl (C=O) groups excluding carboxylic acids is 2. The molecule has 0 saturated carbocycles. The van der Waals surface area contributed by atoms with Gasteiger partial charge in [0.2, 0.25) is 5.82 Å². The Bertz CT molecular complexity index is 1530. The third kappa shape index (κ3) is 4.75. The zero-order valence-electron chi connectivity index (χ0n) is 21.5. The second-order valence-electron chi connectivity index (χ2n) is 8.81. The van der Waals surface area contributed by atoms with Crippen LogP contribution in [0.2, 0.25) is 0 Å². The van der Waals surface area contributed by atoms with E-state index in [2.05, 4.69) is 31.0 Å². The number of rotatable bonds is 8. The molecule has 0 saturated heterocycles. The molecule has 0 unspecified atom stereocenters. The van der Waals surface area contributed by atoms with Gasteiger partial charge in [0.1, 0.15) is 5.69 Å². The molecule has 0 atom stereocenters. The summed E-state index contributed by atoms with van der Waals surface area (Å²) in [5.74, 6) is 0.587. The first-order valence-electron chi connectivity index (χ1n) is 12.1. The van der Waals surface area contributed by atoms with Crippen LogP contribution in [0.3, 0.4) is 0 Å². The molecule has 0 aliphatic carbocycles. The summed E-state index contributed by atoms with van der Waals surface area (Å²) in [6.45, 7) is 2.77. The maximum absolute atomic E-state index is 13.0. The Morgan fingerprint density at radius 2 is 1.89 bits per heavy atom. The number of amides is 2. The third-order valence-electron chi connectivity index (χ3n) is 6.07. The molecule has 0 fully saturated rings. The number of ether oxygens (including phenoxy) is 1. The Labute approximate surface area is 219 Å². The molecule has 4 aromatic rings. The van der Waals surface area contributed by atoms with Crippen LogP contribution >= 0.6 is 0 Å². The lowest BCUT2D eigenvalue weighted by atomic mass is 10.1. The normalized spacial score (nSPS) is 12.4. The van der Waals surface area contributed by atoms with E-state index < -0.39 is 0 Å². The highest BCUT2D eigenvalue weighted by Crippen LogP contribution is 2.38. The minimum Gasteiger partial charge on any atom is -0.494 e. The number of para-hydroxylation sites is 1. The summed E-state index contributed by atoms with van der Waals surface area (Å²) >= 11 is 0. The number of anilines is 2. The standard InChI is InChI=1S/C26H27N9O3/c1-5-27-25(36)19-11-6-8-15(28-19)12-16-13-20(22-21(29-16)14-34(2)26(22)37)30-18-10-7-9-17(23(18)38-4)24-31-33-35(3)32-24/h6-11,13H,5,12,14H2,1-4H3,(H,27,36)(H,29,30). The van der Waals surface area contributed by atoms with Crippen molar-refractivity contribution in [3.05, 3.63) is 70.8 Å². The third-order valence-corrected chi connectivity index (χ3v) is 6.07. The van der Waals surface area contributed by atoms with Gasteiger partial charge < -0.3 is 20.3 Å². The molecule has 2 N–H and O–H groups in total. The zero-order chi connectivity index (χ0) is 26.8. The van der Waals surface area contributed by atoms with E-state index >= 15 is 0 Å². The van der Waals surface area contributed by atoms with Crippen LogP contribution in [-0.2, 0) is 20.0 Å². The summed E-state index contributed by atoms with van der Waals surface area (Å²) < 4.78 is 5.72. The SMILES string of the molecule is CCNC(=O)c1cccc(Cc2cc(Nc3cccc(-c4nnn(C)n4)c3OC)c3c(n2)CN(C)C3=O)n1. The second-order valence-corrected chi connectivity index (χ2v) is 8.81. The van der Waals surface area contributed by atoms with Gasteiger partial charge in [-0.2, -0.15) is 4.80 Å². The van der Waals surface area contributed by atoms with E-state index in [4.69, 9.17) is 9.72 Å². The number of pyridine rings is 2. The monoisotopic (exact) mass is 513 g/mol. The van der Waals surface area contributed by atoms with Gasteiger partial charge in [-0.3, -0.25) is 14.6 Å². The molecule has 12 heteroatoms. The molecule has 194 valence electrons. The van der Waals surface area contributed by atoms with E-state index in [1.807, 2.05) is 37.3 Å². The van der Waals surface area contributed by atoms with E-state index in [1.54, 1.807) is 38.2 Å². The van der Waals surface area contributed by atoms with Gasteiger partial charge in [-0.1, -0.05) is 12.1 Å². The van der Waals surface area contributed by atoms with Crippen molar-refractivity contribution in [2.24, 2.45) is 7.05 Å². The van der Waals surface area contributed by atoms with Crippen molar-refractivity contribution in [2.75, 3.05) is 26.0 Å². The molecule has 1 aliphatic heterocycles. The quantitative estimate of drug-likeness (QED) is 0.363. The highest BCUT2D eigenvalue weighted by Gasteiger charge is 2.30. The molecule has 3 aromatic heterocycles. The van der Waals surface area contributed by atoms with Crippen molar-refractivity contribution in [3.8, 4) is 17.1 Å². The first-order chi connectivity index (χ1) is 18.4. The summed E-state index contributed by atoms with van der Waals surface area (Å²) in [6.07, 6.45) is 0.383. The molecule has 1 aliphatic rings. The fraction of sp³-hybridized carbons (Fsp3) is 0.269. The molecular weight excluding hydrogens is 486 g/mol. The number of hydrogen-bond donors (Lipinski definition) is 2. The fourth-order valence-electron chi connectivity index (χ4n) is 4.39. The molecule has 0 radical (unpaired) electrons. The van der Waals surface area contributed by atoms with Crippen LogP contribution in [0.25, 0.3) is 11.4 Å². The minimum atomic E-state index is -0.226. The van der Waals surface area contributed by atoms with Crippen molar-refractivity contribution < 1.29 is 14.3 Å². The number of nitrogens with one attached hydrogen (secondary N) is 2. The highest BCUT2D eigenvalue weighted by atomic mass is 16.5. The first kappa shape index (κ1) is 24.8. The number of aryl methyl sites for hydroxylation is 1. The zero-order valence-corrected chi connectivity index (χ0v) is 21.5. The van der Waals surface area contributed by atoms with Gasteiger partial charge in [-0.15, -0.1) is 10.2 Å². The van der Waals surface area contributed by atoms with Crippen LogP contribution < -0.4 is 15.4 Å². The summed E-state index contributed by atoms with van der Waals surface area (Å²) in [6, 6.07) is 12.7. The number of carbonyl (C=O) groups is 2. The minimum absolute atomic E-state index is 0.122. The van der Waals surface area contributed by atoms with E-state index in [-0.39, 0.29) is 11.8 Å². The van der Waals surface area contributed by atoms with Crippen LogP contribution in [0, 0.1) is 0 Å². The highest BCUT2D eigenvalue weighted by molar-refractivity contribution is 6.03. The predicted octanol–water partition coefficient (Wildman–Crippen LogP) is 2.35. The Balaban J connectivity index is 1.53. The van der Waals surface area contributed by atoms with Crippen molar-refractivity contribution in [1.29, 1.82) is 0 Å². The predicted molar refractivity (Wildman–Crippen MR) is 139 cm³/mol. The first-order valence-corrected chi connectivity index (χ1v) is 12.1. The van der Waals surface area contributed by atoms with Gasteiger partial charge in [0, 0.05) is 31.4 Å². The molecule has 0 bridgehead atoms. The van der Waals surface area contributed by atoms with Gasteiger partial charge in [0.25, 0.3) is 11.8 Å². The van der Waals surface area contributed by atoms with E-state index in [0.717, 1.165) is 0 Å². The topological polar surface area (TPSA) is 140 Å². The van der Waals surface area contributed by atoms with Crippen molar-refractivity contribution >= 4 is 23.2 Å².